The second kappa shape index (κ2) is 7.28. The average molecular weight is 463 g/mol. The number of nitrogens with zero attached hydrogens (tertiary/aromatic N) is 1. The predicted molar refractivity (Wildman–Crippen MR) is 110 cm³/mol. The first kappa shape index (κ1) is 23.2. The van der Waals surface area contributed by atoms with E-state index in [-0.39, 0.29) is 5.56 Å². The van der Waals surface area contributed by atoms with Gasteiger partial charge in [0.05, 0.1) is 23.6 Å². The fourth-order valence-corrected chi connectivity index (χ4v) is 5.73. The topological polar surface area (TPSA) is 135 Å². The number of fused-ring (bicyclic) bond motifs is 3. The van der Waals surface area contributed by atoms with Crippen LogP contribution in [-0.2, 0) is 9.59 Å². The molecule has 176 valence electrons. The molecule has 0 bridgehead atoms. The number of carbonyl (C=O) groups excluding carboxylic acids is 3. The molecule has 0 saturated carbocycles. The highest BCUT2D eigenvalue weighted by Gasteiger charge is 2.67. The van der Waals surface area contributed by atoms with E-state index in [0.717, 1.165) is 19.1 Å². The highest BCUT2D eigenvalue weighted by atomic mass is 19.1. The molecule has 3 aliphatic carbocycles. The lowest BCUT2D eigenvalue weighted by molar-refractivity contribution is -0.162. The van der Waals surface area contributed by atoms with Crippen LogP contribution in [0, 0.1) is 23.5 Å². The molecular weight excluding hydrogens is 440 g/mol. The smallest absolute Gasteiger partial charge is 0.209 e. The van der Waals surface area contributed by atoms with Crippen LogP contribution in [0.1, 0.15) is 35.7 Å². The van der Waals surface area contributed by atoms with Gasteiger partial charge in [-0.05, 0) is 39.1 Å². The molecule has 10 heteroatoms. The van der Waals surface area contributed by atoms with Gasteiger partial charge in [-0.15, -0.1) is 0 Å². The number of halogens is 2. The van der Waals surface area contributed by atoms with E-state index < -0.39 is 92.7 Å². The van der Waals surface area contributed by atoms with Crippen molar-refractivity contribution in [3.63, 3.8) is 0 Å². The van der Waals surface area contributed by atoms with Crippen LogP contribution >= 0.6 is 0 Å². The summed E-state index contributed by atoms with van der Waals surface area (Å²) in [5.74, 6) is -11.2. The normalized spacial score (nSPS) is 33.8. The van der Waals surface area contributed by atoms with Gasteiger partial charge in [-0.1, -0.05) is 6.92 Å². The van der Waals surface area contributed by atoms with E-state index in [4.69, 9.17) is 0 Å². The van der Waals surface area contributed by atoms with Gasteiger partial charge in [0.25, 0.3) is 0 Å². The van der Waals surface area contributed by atoms with E-state index >= 15 is 0 Å². The Labute approximate surface area is 187 Å². The molecule has 0 fully saturated rings. The highest BCUT2D eigenvalue weighted by molar-refractivity contribution is 6.25. The molecule has 1 aromatic carbocycles. The van der Waals surface area contributed by atoms with Crippen LogP contribution in [0.3, 0.4) is 0 Å². The molecule has 33 heavy (non-hydrogen) atoms. The Morgan fingerprint density at radius 1 is 1.12 bits per heavy atom. The minimum atomic E-state index is -2.95. The second-order valence-electron chi connectivity index (χ2n) is 9.06. The maximum Gasteiger partial charge on any atom is 0.209 e. The Hall–Kier alpha value is -2.95. The summed E-state index contributed by atoms with van der Waals surface area (Å²) in [6.45, 7) is 2.40. The number of aliphatic hydroxyl groups is 4. The minimum absolute atomic E-state index is 0.293. The van der Waals surface area contributed by atoms with Crippen LogP contribution in [0.15, 0.2) is 34.8 Å². The number of Topliss-reactive ketones (excluding diaryl/α,β-unsaturated/α-hetero) is 3. The summed E-state index contributed by atoms with van der Waals surface area (Å²) < 4.78 is 29.2. The van der Waals surface area contributed by atoms with Crippen LogP contribution in [-0.4, -0.2) is 74.5 Å². The average Bonchev–Trinajstić information content (AvgIpc) is 2.72. The van der Waals surface area contributed by atoms with Crippen molar-refractivity contribution in [3.8, 4) is 0 Å². The third-order valence-electron chi connectivity index (χ3n) is 7.13. The summed E-state index contributed by atoms with van der Waals surface area (Å²) in [5.41, 5.74) is -5.31. The van der Waals surface area contributed by atoms with E-state index in [0.29, 0.717) is 0 Å². The number of hydrogen-bond donors (Lipinski definition) is 4. The van der Waals surface area contributed by atoms with Gasteiger partial charge in [0.2, 0.25) is 5.78 Å². The third kappa shape index (κ3) is 2.74. The molecule has 0 spiro atoms. The lowest BCUT2D eigenvalue weighted by Gasteiger charge is -2.53. The van der Waals surface area contributed by atoms with Gasteiger partial charge >= 0.3 is 0 Å². The van der Waals surface area contributed by atoms with Gasteiger partial charge in [-0.25, -0.2) is 8.78 Å². The first-order valence-electron chi connectivity index (χ1n) is 10.3. The lowest BCUT2D eigenvalue weighted by atomic mass is 9.55. The maximum absolute atomic E-state index is 14.7. The van der Waals surface area contributed by atoms with Gasteiger partial charge in [-0.3, -0.25) is 19.3 Å². The summed E-state index contributed by atoms with van der Waals surface area (Å²) in [5, 5.41) is 44.8. The lowest BCUT2D eigenvalue weighted by Crippen LogP contribution is -2.68. The largest absolute Gasteiger partial charge is 0.510 e. The monoisotopic (exact) mass is 463 g/mol. The van der Waals surface area contributed by atoms with Crippen molar-refractivity contribution < 1.29 is 43.6 Å². The Morgan fingerprint density at radius 3 is 2.24 bits per heavy atom. The zero-order valence-electron chi connectivity index (χ0n) is 18.3. The first-order valence-corrected chi connectivity index (χ1v) is 10.3. The summed E-state index contributed by atoms with van der Waals surface area (Å²) in [6.07, 6.45) is -1.76. The zero-order chi connectivity index (χ0) is 24.7. The van der Waals surface area contributed by atoms with E-state index in [2.05, 4.69) is 0 Å². The van der Waals surface area contributed by atoms with Crippen molar-refractivity contribution in [2.75, 3.05) is 14.1 Å². The molecule has 1 aromatic rings. The Kier molecular flexibility index (Phi) is 5.12. The molecule has 0 radical (unpaired) electrons. The fourth-order valence-electron chi connectivity index (χ4n) is 5.73. The number of likely N-dealkylation sites (N-methyl/N-ethyl adjacent to an activating group) is 1. The van der Waals surface area contributed by atoms with Crippen molar-refractivity contribution >= 4 is 17.3 Å². The number of ketones is 3. The van der Waals surface area contributed by atoms with E-state index in [1.165, 1.54) is 25.9 Å². The highest BCUT2D eigenvalue weighted by Crippen LogP contribution is 2.55. The van der Waals surface area contributed by atoms with Crippen molar-refractivity contribution in [2.24, 2.45) is 11.8 Å². The SMILES string of the molecule is CC(=O)C1=C(O)[C@@H](N(C)C)[C@@H]2[C@@H](O)[C@H]3C(=C(O)[C@]2(O)C1=O)C(=O)c1c(F)ccc(F)c1[C@@H]3C. The van der Waals surface area contributed by atoms with Crippen molar-refractivity contribution in [2.45, 2.75) is 37.5 Å². The molecule has 3 aliphatic rings. The van der Waals surface area contributed by atoms with Crippen LogP contribution < -0.4 is 0 Å². The van der Waals surface area contributed by atoms with Gasteiger partial charge in [-0.2, -0.15) is 0 Å². The van der Waals surface area contributed by atoms with Crippen LogP contribution in [0.4, 0.5) is 8.78 Å². The van der Waals surface area contributed by atoms with Crippen LogP contribution in [0.25, 0.3) is 0 Å². The number of aliphatic hydroxyl groups excluding tert-OH is 3. The molecule has 0 aliphatic heterocycles. The third-order valence-corrected chi connectivity index (χ3v) is 7.13. The number of carbonyl (C=O) groups is 3. The first-order chi connectivity index (χ1) is 15.3. The van der Waals surface area contributed by atoms with Crippen LogP contribution in [0.5, 0.6) is 0 Å². The number of hydrogen-bond acceptors (Lipinski definition) is 8. The van der Waals surface area contributed by atoms with E-state index in [1.54, 1.807) is 0 Å². The summed E-state index contributed by atoms with van der Waals surface area (Å²) in [7, 11) is 2.91. The standard InChI is InChI=1S/C23H23F2NO7/c1-7-11-9(24)5-6-10(25)14(11)18(28)15-12(7)19(29)16-17(26(3)4)20(30)13(8(2)27)21(31)23(16,33)22(15)32/h5-7,12,16-17,19,29-30,32-33H,1-4H3/t7-,12+,16+,17-,19-,23+/m0/s1. The van der Waals surface area contributed by atoms with E-state index in [1.807, 2.05) is 0 Å². The van der Waals surface area contributed by atoms with Gasteiger partial charge in [0.1, 0.15) is 28.7 Å². The fraction of sp³-hybridized carbons (Fsp3) is 0.435. The Morgan fingerprint density at radius 2 is 1.70 bits per heavy atom. The molecule has 0 aromatic heterocycles. The van der Waals surface area contributed by atoms with Gasteiger partial charge < -0.3 is 20.4 Å². The predicted octanol–water partition coefficient (Wildman–Crippen LogP) is 1.33. The Bertz CT molecular complexity index is 1190. The Balaban J connectivity index is 2.08. The molecule has 0 heterocycles. The second-order valence-corrected chi connectivity index (χ2v) is 9.06. The maximum atomic E-state index is 14.7. The molecule has 4 N–H and O–H groups in total. The van der Waals surface area contributed by atoms with Crippen molar-refractivity contribution in [1.82, 2.24) is 4.90 Å². The van der Waals surface area contributed by atoms with Crippen LogP contribution in [0.2, 0.25) is 0 Å². The molecule has 4 rings (SSSR count). The summed E-state index contributed by atoms with van der Waals surface area (Å²) >= 11 is 0. The van der Waals surface area contributed by atoms with Crippen molar-refractivity contribution in [1.29, 1.82) is 0 Å². The van der Waals surface area contributed by atoms with Gasteiger partial charge in [0.15, 0.2) is 17.2 Å². The zero-order valence-corrected chi connectivity index (χ0v) is 18.3. The molecule has 8 nitrogen and oxygen atoms in total. The summed E-state index contributed by atoms with van der Waals surface area (Å²) in [6, 6.07) is 0.278. The van der Waals surface area contributed by atoms with Gasteiger partial charge in [0, 0.05) is 17.1 Å². The minimum Gasteiger partial charge on any atom is -0.510 e. The molecule has 0 amide bonds. The molecule has 0 unspecified atom stereocenters. The summed E-state index contributed by atoms with van der Waals surface area (Å²) in [4.78, 5) is 40.0. The molecular formula is C23H23F2NO7. The molecule has 0 saturated heterocycles. The van der Waals surface area contributed by atoms with Crippen molar-refractivity contribution in [3.05, 3.63) is 57.6 Å². The quantitative estimate of drug-likeness (QED) is 0.483. The number of benzene rings is 1. The number of rotatable bonds is 2. The van der Waals surface area contributed by atoms with E-state index in [9.17, 15) is 43.6 Å². The molecule has 6 atom stereocenters.